The van der Waals surface area contributed by atoms with E-state index >= 15 is 0 Å². The van der Waals surface area contributed by atoms with E-state index in [4.69, 9.17) is 4.74 Å². The monoisotopic (exact) mass is 233 g/mol. The van der Waals surface area contributed by atoms with Crippen LogP contribution >= 0.6 is 0 Å². The summed E-state index contributed by atoms with van der Waals surface area (Å²) in [5.41, 5.74) is 2.33. The largest absolute Gasteiger partial charge is 0.489 e. The van der Waals surface area contributed by atoms with Gasteiger partial charge in [-0.1, -0.05) is 32.1 Å². The first-order chi connectivity index (χ1) is 8.22. The Labute approximate surface area is 105 Å². The molecular weight excluding hydrogens is 210 g/mol. The van der Waals surface area contributed by atoms with Crippen LogP contribution in [0.3, 0.4) is 0 Å². The van der Waals surface area contributed by atoms with E-state index in [1.54, 1.807) is 0 Å². The number of hydrogen-bond acceptors (Lipinski definition) is 2. The fourth-order valence-corrected chi connectivity index (χ4v) is 1.44. The standard InChI is InChI=1S/C15H23NO/c1-4-5-10-16-11-14-6-8-15(9-7-14)17-12-13(2)3/h6-9,16H,2,4-5,10-12H2,1,3H3. The lowest BCUT2D eigenvalue weighted by Gasteiger charge is -2.07. The molecule has 0 atom stereocenters. The Morgan fingerprint density at radius 1 is 1.29 bits per heavy atom. The summed E-state index contributed by atoms with van der Waals surface area (Å²) in [5.74, 6) is 0.908. The first kappa shape index (κ1) is 13.8. The fraction of sp³-hybridized carbons (Fsp3) is 0.467. The van der Waals surface area contributed by atoms with Crippen LogP contribution in [0.25, 0.3) is 0 Å². The van der Waals surface area contributed by atoms with Gasteiger partial charge in [-0.15, -0.1) is 0 Å². The molecule has 0 unspecified atom stereocenters. The van der Waals surface area contributed by atoms with Crippen LogP contribution in [0.2, 0.25) is 0 Å². The first-order valence-corrected chi connectivity index (χ1v) is 6.29. The van der Waals surface area contributed by atoms with E-state index in [1.807, 2.05) is 19.1 Å². The highest BCUT2D eigenvalue weighted by molar-refractivity contribution is 5.27. The van der Waals surface area contributed by atoms with Crippen LogP contribution in [0.4, 0.5) is 0 Å². The highest BCUT2D eigenvalue weighted by Crippen LogP contribution is 2.12. The molecule has 2 nitrogen and oxygen atoms in total. The second kappa shape index (κ2) is 7.91. The summed E-state index contributed by atoms with van der Waals surface area (Å²) in [4.78, 5) is 0. The minimum Gasteiger partial charge on any atom is -0.489 e. The van der Waals surface area contributed by atoms with Crippen molar-refractivity contribution in [3.8, 4) is 5.75 Å². The zero-order chi connectivity index (χ0) is 12.5. The van der Waals surface area contributed by atoms with E-state index in [2.05, 4.69) is 31.0 Å². The van der Waals surface area contributed by atoms with Crippen molar-refractivity contribution in [3.63, 3.8) is 0 Å². The Kier molecular flexibility index (Phi) is 6.41. The molecule has 0 radical (unpaired) electrons. The molecule has 0 aliphatic carbocycles. The average Bonchev–Trinajstić information content (AvgIpc) is 2.33. The van der Waals surface area contributed by atoms with Gasteiger partial charge in [0.25, 0.3) is 0 Å². The predicted octanol–water partition coefficient (Wildman–Crippen LogP) is 3.53. The van der Waals surface area contributed by atoms with Gasteiger partial charge in [0, 0.05) is 6.54 Å². The van der Waals surface area contributed by atoms with Gasteiger partial charge in [0.2, 0.25) is 0 Å². The third-order valence-corrected chi connectivity index (χ3v) is 2.44. The summed E-state index contributed by atoms with van der Waals surface area (Å²) in [7, 11) is 0. The molecule has 0 bridgehead atoms. The van der Waals surface area contributed by atoms with Crippen molar-refractivity contribution >= 4 is 0 Å². The second-order valence-electron chi connectivity index (χ2n) is 4.42. The van der Waals surface area contributed by atoms with Gasteiger partial charge in [0.05, 0.1) is 0 Å². The van der Waals surface area contributed by atoms with Crippen LogP contribution in [0.15, 0.2) is 36.4 Å². The zero-order valence-corrected chi connectivity index (χ0v) is 11.0. The SMILES string of the molecule is C=C(C)COc1ccc(CNCCCC)cc1. The maximum absolute atomic E-state index is 5.55. The van der Waals surface area contributed by atoms with Gasteiger partial charge >= 0.3 is 0 Å². The third kappa shape index (κ3) is 6.12. The summed E-state index contributed by atoms with van der Waals surface area (Å²) < 4.78 is 5.55. The highest BCUT2D eigenvalue weighted by atomic mass is 16.5. The fourth-order valence-electron chi connectivity index (χ4n) is 1.44. The Morgan fingerprint density at radius 2 is 2.00 bits per heavy atom. The molecule has 0 saturated carbocycles. The molecule has 0 aliphatic rings. The molecule has 0 saturated heterocycles. The number of benzene rings is 1. The third-order valence-electron chi connectivity index (χ3n) is 2.44. The Balaban J connectivity index is 2.31. The summed E-state index contributed by atoms with van der Waals surface area (Å²) in [6.45, 7) is 10.6. The van der Waals surface area contributed by atoms with Crippen LogP contribution in [-0.2, 0) is 6.54 Å². The zero-order valence-electron chi connectivity index (χ0n) is 11.0. The van der Waals surface area contributed by atoms with Crippen molar-refractivity contribution in [3.05, 3.63) is 42.0 Å². The van der Waals surface area contributed by atoms with Gasteiger partial charge in [0.1, 0.15) is 12.4 Å². The van der Waals surface area contributed by atoms with E-state index in [1.165, 1.54) is 18.4 Å². The molecule has 17 heavy (non-hydrogen) atoms. The van der Waals surface area contributed by atoms with Gasteiger partial charge in [0.15, 0.2) is 0 Å². The lowest BCUT2D eigenvalue weighted by molar-refractivity contribution is 0.352. The number of nitrogens with one attached hydrogen (secondary N) is 1. The number of ether oxygens (including phenoxy) is 1. The van der Waals surface area contributed by atoms with Crippen molar-refractivity contribution in [2.24, 2.45) is 0 Å². The van der Waals surface area contributed by atoms with Crippen molar-refractivity contribution in [2.75, 3.05) is 13.2 Å². The van der Waals surface area contributed by atoms with Gasteiger partial charge in [-0.25, -0.2) is 0 Å². The van der Waals surface area contributed by atoms with Crippen molar-refractivity contribution in [2.45, 2.75) is 33.2 Å². The Bertz CT molecular complexity index is 329. The molecule has 1 N–H and O–H groups in total. The topological polar surface area (TPSA) is 21.3 Å². The lowest BCUT2D eigenvalue weighted by atomic mass is 10.2. The Morgan fingerprint density at radius 3 is 2.59 bits per heavy atom. The van der Waals surface area contributed by atoms with E-state index < -0.39 is 0 Å². The normalized spacial score (nSPS) is 10.2. The molecule has 0 aromatic heterocycles. The van der Waals surface area contributed by atoms with Crippen molar-refractivity contribution in [1.82, 2.24) is 5.32 Å². The molecule has 0 spiro atoms. The number of unbranched alkanes of at least 4 members (excludes halogenated alkanes) is 1. The summed E-state index contributed by atoms with van der Waals surface area (Å²) in [5, 5.41) is 3.42. The van der Waals surface area contributed by atoms with E-state index in [9.17, 15) is 0 Å². The minimum atomic E-state index is 0.591. The van der Waals surface area contributed by atoms with Gasteiger partial charge in [-0.05, 0) is 43.2 Å². The summed E-state index contributed by atoms with van der Waals surface area (Å²) in [6, 6.07) is 8.24. The maximum Gasteiger partial charge on any atom is 0.119 e. The van der Waals surface area contributed by atoms with Crippen molar-refractivity contribution in [1.29, 1.82) is 0 Å². The summed E-state index contributed by atoms with van der Waals surface area (Å²) in [6.07, 6.45) is 2.47. The highest BCUT2D eigenvalue weighted by Gasteiger charge is 1.95. The van der Waals surface area contributed by atoms with Crippen molar-refractivity contribution < 1.29 is 4.74 Å². The first-order valence-electron chi connectivity index (χ1n) is 6.29. The molecule has 0 amide bonds. The molecule has 2 heteroatoms. The molecule has 1 aromatic carbocycles. The van der Waals surface area contributed by atoms with Crippen LogP contribution in [0, 0.1) is 0 Å². The number of rotatable bonds is 8. The molecule has 0 heterocycles. The maximum atomic E-state index is 5.55. The molecular formula is C15H23NO. The van der Waals surface area contributed by atoms with Crippen LogP contribution in [0.5, 0.6) is 5.75 Å². The number of hydrogen-bond donors (Lipinski definition) is 1. The molecule has 1 rings (SSSR count). The van der Waals surface area contributed by atoms with Crippen LogP contribution in [0.1, 0.15) is 32.3 Å². The molecule has 0 aliphatic heterocycles. The average molecular weight is 233 g/mol. The van der Waals surface area contributed by atoms with Gasteiger partial charge in [-0.2, -0.15) is 0 Å². The Hall–Kier alpha value is -1.28. The predicted molar refractivity (Wildman–Crippen MR) is 73.4 cm³/mol. The quantitative estimate of drug-likeness (QED) is 0.548. The minimum absolute atomic E-state index is 0.591. The smallest absolute Gasteiger partial charge is 0.119 e. The van der Waals surface area contributed by atoms with E-state index in [0.29, 0.717) is 6.61 Å². The molecule has 1 aromatic rings. The van der Waals surface area contributed by atoms with Gasteiger partial charge < -0.3 is 10.1 Å². The molecule has 94 valence electrons. The molecule has 0 fully saturated rings. The van der Waals surface area contributed by atoms with Gasteiger partial charge in [-0.3, -0.25) is 0 Å². The second-order valence-corrected chi connectivity index (χ2v) is 4.42. The van der Waals surface area contributed by atoms with E-state index in [-0.39, 0.29) is 0 Å². The van der Waals surface area contributed by atoms with Crippen LogP contribution < -0.4 is 10.1 Å². The lowest BCUT2D eigenvalue weighted by Crippen LogP contribution is -2.14. The van der Waals surface area contributed by atoms with Crippen LogP contribution in [-0.4, -0.2) is 13.2 Å². The van der Waals surface area contributed by atoms with E-state index in [0.717, 1.165) is 24.4 Å². The summed E-state index contributed by atoms with van der Waals surface area (Å²) >= 11 is 0.